The summed E-state index contributed by atoms with van der Waals surface area (Å²) in [5, 5.41) is 49.5. The van der Waals surface area contributed by atoms with E-state index in [0.717, 1.165) is 0 Å². The van der Waals surface area contributed by atoms with Crippen molar-refractivity contribution < 1.29 is 71.3 Å². The topological polar surface area (TPSA) is 424 Å². The molecule has 3 rings (SSSR count). The Hall–Kier alpha value is -7.68. The lowest BCUT2D eigenvalue weighted by molar-refractivity contribution is -0.137. The van der Waals surface area contributed by atoms with Gasteiger partial charge in [-0.05, 0) is 83.2 Å². The first-order valence-electron chi connectivity index (χ1n) is 27.6. The molecule has 27 nitrogen and oxygen atoms in total. The Kier molecular flexibility index (Phi) is 31.2. The predicted octanol–water partition coefficient (Wildman–Crippen LogP) is -2.90. The summed E-state index contributed by atoms with van der Waals surface area (Å²) in [6.45, 7) is 2.03. The molecule has 0 bridgehead atoms. The first-order valence-corrected chi connectivity index (χ1v) is 28.8. The summed E-state index contributed by atoms with van der Waals surface area (Å²) in [6.07, 6.45) is -4.77. The molecule has 10 amide bonds. The predicted molar refractivity (Wildman–Crippen MR) is 319 cm³/mol. The molecule has 18 N–H and O–H groups in total. The molecule has 0 aliphatic heterocycles. The molecule has 0 saturated heterocycles. The molecule has 1 aromatic heterocycles. The molecular weight excluding hydrogens is 1170 g/mol. The summed E-state index contributed by atoms with van der Waals surface area (Å²) in [5.41, 5.74) is 12.6. The van der Waals surface area contributed by atoms with Gasteiger partial charge in [-0.2, -0.15) is 38.4 Å². The molecule has 0 aliphatic carbocycles. The van der Waals surface area contributed by atoms with Crippen LogP contribution < -0.4 is 70.0 Å². The SMILES string of the molecule is CNCCCC[C@H](NC(=O)[C@@H](Cc1c[nH]c2ccccc12)NC(=O)[C@H](Cc1ccccc1)NC(=O)[C@H](CS)NC(=O)CNC(=O)[C@@H](CCCCNC(N)=NCC(F)(F)F)NC(C)=O)C(=O)N[C@H](C(=O)N[C@@H](CS)C(=O)N[C@H](C(N)=O)[C@@H](C)O)[C@@H](C)O. The third-order valence-corrected chi connectivity index (χ3v) is 13.8. The lowest BCUT2D eigenvalue weighted by Gasteiger charge is -2.28. The number of carbonyl (C=O) groups excluding carboxylic acids is 10. The summed E-state index contributed by atoms with van der Waals surface area (Å²) < 4.78 is 37.4. The van der Waals surface area contributed by atoms with E-state index in [1.807, 2.05) is 0 Å². The number of para-hydroxylation sites is 1. The number of unbranched alkanes of at least 4 members (excludes halogenated alkanes) is 2. The Labute approximate surface area is 506 Å². The van der Waals surface area contributed by atoms with Crippen molar-refractivity contribution in [3.05, 3.63) is 71.9 Å². The number of thiol groups is 2. The summed E-state index contributed by atoms with van der Waals surface area (Å²) in [6, 6.07) is 4.01. The number of H-pyrrole nitrogens is 1. The Morgan fingerprint density at radius 2 is 1.09 bits per heavy atom. The highest BCUT2D eigenvalue weighted by molar-refractivity contribution is 7.80. The summed E-state index contributed by atoms with van der Waals surface area (Å²) >= 11 is 8.38. The molecule has 3 aromatic rings. The van der Waals surface area contributed by atoms with E-state index < -0.39 is 145 Å². The average Bonchev–Trinajstić information content (AvgIpc) is 2.53. The largest absolute Gasteiger partial charge is 0.408 e. The summed E-state index contributed by atoms with van der Waals surface area (Å²) in [7, 11) is 1.72. The fraction of sp³-hybridized carbons (Fsp3) is 0.537. The molecule has 0 fully saturated rings. The first kappa shape index (κ1) is 72.6. The number of hydrogen-bond donors (Lipinski definition) is 18. The minimum Gasteiger partial charge on any atom is -0.391 e. The number of fused-ring (bicyclic) bond motifs is 1. The van der Waals surface area contributed by atoms with E-state index in [1.54, 1.807) is 67.8 Å². The monoisotopic (exact) mass is 1250 g/mol. The van der Waals surface area contributed by atoms with Gasteiger partial charge in [0.05, 0.1) is 18.8 Å². The Balaban J connectivity index is 1.88. The number of aliphatic hydroxyl groups excluding tert-OH is 2. The number of guanidine groups is 1. The van der Waals surface area contributed by atoms with Crippen LogP contribution in [0.1, 0.15) is 70.4 Å². The minimum absolute atomic E-state index is 0.0220. The molecule has 0 saturated carbocycles. The van der Waals surface area contributed by atoms with Gasteiger partial charge in [-0.15, -0.1) is 0 Å². The highest BCUT2D eigenvalue weighted by Gasteiger charge is 2.36. The van der Waals surface area contributed by atoms with Gasteiger partial charge < -0.3 is 85.1 Å². The molecule has 476 valence electrons. The fourth-order valence-electron chi connectivity index (χ4n) is 8.49. The zero-order valence-corrected chi connectivity index (χ0v) is 49.8. The van der Waals surface area contributed by atoms with E-state index in [1.165, 1.54) is 20.8 Å². The molecule has 10 atom stereocenters. The van der Waals surface area contributed by atoms with Crippen LogP contribution in [-0.2, 0) is 60.8 Å². The standard InChI is InChI=1S/C54H80F3N15O12S2/c1-29(73)43(45(58)77)71-51(83)41(27-86)70-52(84)44(30(2)74)72-47(79)37(19-10-12-20-60-4)67-49(81)39(23-33-24-62-35-17-9-8-16-34(33)35)69-48(80)38(22-32-14-6-5-7-15-32)68-50(82)40(26-85)66-42(76)25-63-46(78)36(65-31(3)75)18-11-13-21-61-53(59)64-28-54(55,56)57/h5-9,14-17,24,29-30,36-41,43-44,60,62,73-74,85-86H,10-13,18-23,25-28H2,1-4H3,(H2,58,77)(H,63,78)(H,65,75)(H,66,76)(H,67,81)(H,68,82)(H,69,80)(H,70,84)(H,71,83)(H,72,79)(H3,59,61,64)/t29-,30-,36-,37+,38+,39-,40+,41+,43+,44+/m1/s1. The number of nitrogens with zero attached hydrogens (tertiary/aromatic N) is 1. The van der Waals surface area contributed by atoms with Crippen LogP contribution in [0.5, 0.6) is 0 Å². The normalized spacial score (nSPS) is 15.1. The number of primary amides is 1. The van der Waals surface area contributed by atoms with Crippen LogP contribution >= 0.6 is 25.3 Å². The number of amides is 10. The van der Waals surface area contributed by atoms with Crippen molar-refractivity contribution in [1.82, 2.24) is 63.5 Å². The van der Waals surface area contributed by atoms with Crippen LogP contribution in [0, 0.1) is 0 Å². The highest BCUT2D eigenvalue weighted by atomic mass is 32.1. The zero-order chi connectivity index (χ0) is 64.1. The minimum atomic E-state index is -4.54. The third kappa shape index (κ3) is 25.9. The molecule has 32 heteroatoms. The van der Waals surface area contributed by atoms with Crippen molar-refractivity contribution in [1.29, 1.82) is 0 Å². The van der Waals surface area contributed by atoms with Crippen LogP contribution in [0.15, 0.2) is 65.8 Å². The van der Waals surface area contributed by atoms with Gasteiger partial charge in [0.15, 0.2) is 5.96 Å². The maximum Gasteiger partial charge on any atom is 0.408 e. The number of aromatic amines is 1. The molecule has 0 aliphatic rings. The van der Waals surface area contributed by atoms with Crippen LogP contribution in [0.4, 0.5) is 13.2 Å². The number of nitrogens with one attached hydrogen (secondary N) is 12. The van der Waals surface area contributed by atoms with Crippen molar-refractivity contribution >= 4 is 101 Å². The number of nitrogens with two attached hydrogens (primary N) is 2. The van der Waals surface area contributed by atoms with Crippen molar-refractivity contribution in [2.45, 2.75) is 139 Å². The number of hydrogen-bond acceptors (Lipinski definition) is 16. The van der Waals surface area contributed by atoms with Gasteiger partial charge >= 0.3 is 6.18 Å². The van der Waals surface area contributed by atoms with Crippen molar-refractivity contribution in [2.24, 2.45) is 16.5 Å². The maximum atomic E-state index is 14.8. The number of benzene rings is 2. The number of aromatic nitrogens is 1. The molecule has 0 spiro atoms. The highest BCUT2D eigenvalue weighted by Crippen LogP contribution is 2.20. The molecule has 1 heterocycles. The second-order valence-corrected chi connectivity index (χ2v) is 20.9. The molecular formula is C54H80F3N15O12S2. The zero-order valence-electron chi connectivity index (χ0n) is 48.1. The van der Waals surface area contributed by atoms with E-state index in [2.05, 4.69) is 93.7 Å². The molecule has 86 heavy (non-hydrogen) atoms. The maximum absolute atomic E-state index is 14.8. The van der Waals surface area contributed by atoms with E-state index in [0.29, 0.717) is 47.8 Å². The third-order valence-electron chi connectivity index (χ3n) is 13.0. The summed E-state index contributed by atoms with van der Waals surface area (Å²) in [4.78, 5) is 141. The van der Waals surface area contributed by atoms with Gasteiger partial charge in [-0.25, -0.2) is 4.99 Å². The lowest BCUT2D eigenvalue weighted by atomic mass is 10.0. The van der Waals surface area contributed by atoms with Crippen LogP contribution in [0.3, 0.4) is 0 Å². The van der Waals surface area contributed by atoms with Gasteiger partial charge in [0.1, 0.15) is 54.9 Å². The molecule has 0 unspecified atom stereocenters. The Bertz CT molecular complexity index is 2780. The van der Waals surface area contributed by atoms with Crippen LogP contribution in [0.25, 0.3) is 10.9 Å². The lowest BCUT2D eigenvalue weighted by Crippen LogP contribution is -2.62. The smallest absolute Gasteiger partial charge is 0.391 e. The first-order chi connectivity index (χ1) is 40.7. The molecule has 2 aromatic carbocycles. The van der Waals surface area contributed by atoms with Crippen molar-refractivity contribution in [3.63, 3.8) is 0 Å². The van der Waals surface area contributed by atoms with Gasteiger partial charge in [-0.3, -0.25) is 47.9 Å². The van der Waals surface area contributed by atoms with Gasteiger partial charge in [0, 0.05) is 54.9 Å². The second-order valence-electron chi connectivity index (χ2n) is 20.1. The average molecular weight is 1250 g/mol. The Morgan fingerprint density at radius 1 is 0.593 bits per heavy atom. The number of aliphatic imine (C=N–C) groups is 1. The van der Waals surface area contributed by atoms with Gasteiger partial charge in [0.25, 0.3) is 0 Å². The Morgan fingerprint density at radius 3 is 1.66 bits per heavy atom. The van der Waals surface area contributed by atoms with Crippen LogP contribution in [0.2, 0.25) is 0 Å². The quantitative estimate of drug-likeness (QED) is 0.0119. The number of halogens is 3. The van der Waals surface area contributed by atoms with E-state index in [-0.39, 0.29) is 50.2 Å². The van der Waals surface area contributed by atoms with E-state index >= 15 is 0 Å². The van der Waals surface area contributed by atoms with Crippen molar-refractivity contribution in [2.75, 3.05) is 44.7 Å². The fourth-order valence-corrected chi connectivity index (χ4v) is 9.00. The number of aliphatic hydroxyl groups is 2. The second kappa shape index (κ2) is 37.0. The molecule has 0 radical (unpaired) electrons. The van der Waals surface area contributed by atoms with E-state index in [4.69, 9.17) is 11.5 Å². The van der Waals surface area contributed by atoms with Crippen molar-refractivity contribution in [3.8, 4) is 0 Å². The van der Waals surface area contributed by atoms with Gasteiger partial charge in [-0.1, -0.05) is 48.5 Å². The van der Waals surface area contributed by atoms with Gasteiger partial charge in [0.2, 0.25) is 59.1 Å². The van der Waals surface area contributed by atoms with Crippen LogP contribution in [-0.4, -0.2) is 192 Å². The number of rotatable bonds is 37. The number of alkyl halides is 3. The summed E-state index contributed by atoms with van der Waals surface area (Å²) in [5.74, 6) is -9.97. The van der Waals surface area contributed by atoms with E-state index in [9.17, 15) is 71.3 Å². The number of carbonyl (C=O) groups is 10.